The Bertz CT molecular complexity index is 279. The molecule has 0 saturated heterocycles. The largest absolute Gasteiger partial charge is 0.311 e. The molecule has 0 bridgehead atoms. The molecule has 1 aromatic heterocycles. The molecule has 1 atom stereocenters. The standard InChI is InChI=1S/C11H21N3S/c1-5-9(12-4)11-14-13-10(15-11)7-6-8(2)3/h8-9,12H,5-7H2,1-4H3. The lowest BCUT2D eigenvalue weighted by atomic mass is 10.1. The first kappa shape index (κ1) is 12.6. The van der Waals surface area contributed by atoms with E-state index in [4.69, 9.17) is 0 Å². The van der Waals surface area contributed by atoms with Gasteiger partial charge in [0.05, 0.1) is 6.04 Å². The Hall–Kier alpha value is -0.480. The van der Waals surface area contributed by atoms with Crippen molar-refractivity contribution in [2.45, 2.75) is 46.1 Å². The minimum atomic E-state index is 0.371. The maximum atomic E-state index is 4.24. The van der Waals surface area contributed by atoms with Crippen molar-refractivity contribution in [3.63, 3.8) is 0 Å². The van der Waals surface area contributed by atoms with Gasteiger partial charge in [0.2, 0.25) is 0 Å². The molecule has 1 aromatic rings. The number of aryl methyl sites for hydroxylation is 1. The Labute approximate surface area is 96.3 Å². The molecule has 0 aromatic carbocycles. The normalized spacial score (nSPS) is 13.4. The second-order valence-corrected chi connectivity index (χ2v) is 5.31. The van der Waals surface area contributed by atoms with Gasteiger partial charge in [0, 0.05) is 6.42 Å². The average Bonchev–Trinajstić information content (AvgIpc) is 2.65. The fourth-order valence-corrected chi connectivity index (χ4v) is 2.47. The highest BCUT2D eigenvalue weighted by atomic mass is 32.1. The van der Waals surface area contributed by atoms with Gasteiger partial charge in [-0.25, -0.2) is 0 Å². The zero-order valence-electron chi connectivity index (χ0n) is 10.1. The second-order valence-electron chi connectivity index (χ2n) is 4.22. The quantitative estimate of drug-likeness (QED) is 0.812. The van der Waals surface area contributed by atoms with Crippen LogP contribution in [0.25, 0.3) is 0 Å². The highest BCUT2D eigenvalue weighted by Gasteiger charge is 2.12. The fraction of sp³-hybridized carbons (Fsp3) is 0.818. The van der Waals surface area contributed by atoms with Gasteiger partial charge in [0.25, 0.3) is 0 Å². The van der Waals surface area contributed by atoms with Crippen molar-refractivity contribution >= 4 is 11.3 Å². The number of hydrogen-bond donors (Lipinski definition) is 1. The van der Waals surface area contributed by atoms with Gasteiger partial charge in [0.15, 0.2) is 0 Å². The zero-order chi connectivity index (χ0) is 11.3. The van der Waals surface area contributed by atoms with E-state index in [1.54, 1.807) is 11.3 Å². The molecule has 0 aliphatic heterocycles. The summed E-state index contributed by atoms with van der Waals surface area (Å²) in [6.45, 7) is 6.64. The summed E-state index contributed by atoms with van der Waals surface area (Å²) in [6.07, 6.45) is 3.33. The highest BCUT2D eigenvalue weighted by molar-refractivity contribution is 7.11. The smallest absolute Gasteiger partial charge is 0.134 e. The fourth-order valence-electron chi connectivity index (χ4n) is 1.42. The van der Waals surface area contributed by atoms with Crippen molar-refractivity contribution in [1.29, 1.82) is 0 Å². The molecular weight excluding hydrogens is 206 g/mol. The van der Waals surface area contributed by atoms with Gasteiger partial charge in [-0.15, -0.1) is 10.2 Å². The van der Waals surface area contributed by atoms with Gasteiger partial charge >= 0.3 is 0 Å². The summed E-state index contributed by atoms with van der Waals surface area (Å²) in [6, 6.07) is 0.371. The van der Waals surface area contributed by atoms with Crippen LogP contribution in [0.15, 0.2) is 0 Å². The van der Waals surface area contributed by atoms with Crippen LogP contribution in [0.4, 0.5) is 0 Å². The van der Waals surface area contributed by atoms with Crippen molar-refractivity contribution in [1.82, 2.24) is 15.5 Å². The van der Waals surface area contributed by atoms with E-state index < -0.39 is 0 Å². The third-order valence-corrected chi connectivity index (χ3v) is 3.57. The second kappa shape index (κ2) is 6.18. The van der Waals surface area contributed by atoms with Crippen LogP contribution < -0.4 is 5.32 Å². The van der Waals surface area contributed by atoms with Gasteiger partial charge in [-0.1, -0.05) is 32.1 Å². The average molecular weight is 227 g/mol. The number of rotatable bonds is 6. The van der Waals surface area contributed by atoms with E-state index in [9.17, 15) is 0 Å². The van der Waals surface area contributed by atoms with Crippen LogP contribution >= 0.6 is 11.3 Å². The Morgan fingerprint density at radius 1 is 1.33 bits per heavy atom. The summed E-state index contributed by atoms with van der Waals surface area (Å²) in [5, 5.41) is 14.0. The van der Waals surface area contributed by atoms with Crippen LogP contribution in [0.5, 0.6) is 0 Å². The first-order valence-corrected chi connectivity index (χ1v) is 6.48. The maximum Gasteiger partial charge on any atom is 0.134 e. The van der Waals surface area contributed by atoms with Crippen LogP contribution in [0.2, 0.25) is 0 Å². The van der Waals surface area contributed by atoms with Gasteiger partial charge in [-0.2, -0.15) is 0 Å². The van der Waals surface area contributed by atoms with Gasteiger partial charge in [0.1, 0.15) is 10.0 Å². The van der Waals surface area contributed by atoms with E-state index in [-0.39, 0.29) is 0 Å². The molecule has 0 aliphatic rings. The third kappa shape index (κ3) is 3.87. The SMILES string of the molecule is CCC(NC)c1nnc(CCC(C)C)s1. The van der Waals surface area contributed by atoms with Crippen molar-refractivity contribution in [3.8, 4) is 0 Å². The molecule has 0 fully saturated rings. The lowest BCUT2D eigenvalue weighted by molar-refractivity contribution is 0.566. The summed E-state index contributed by atoms with van der Waals surface area (Å²) in [4.78, 5) is 0. The monoisotopic (exact) mass is 227 g/mol. The predicted octanol–water partition coefficient (Wildman–Crippen LogP) is 2.80. The number of nitrogens with one attached hydrogen (secondary N) is 1. The topological polar surface area (TPSA) is 37.8 Å². The maximum absolute atomic E-state index is 4.24. The molecule has 0 amide bonds. The van der Waals surface area contributed by atoms with Crippen molar-refractivity contribution in [3.05, 3.63) is 10.0 Å². The predicted molar refractivity (Wildman–Crippen MR) is 65.2 cm³/mol. The van der Waals surface area contributed by atoms with Gasteiger partial charge in [-0.05, 0) is 25.8 Å². The molecule has 0 spiro atoms. The van der Waals surface area contributed by atoms with Crippen molar-refractivity contribution < 1.29 is 0 Å². The summed E-state index contributed by atoms with van der Waals surface area (Å²) in [5.74, 6) is 0.739. The molecule has 0 aliphatic carbocycles. The summed E-state index contributed by atoms with van der Waals surface area (Å²) in [7, 11) is 1.98. The zero-order valence-corrected chi connectivity index (χ0v) is 10.9. The first-order valence-electron chi connectivity index (χ1n) is 5.66. The van der Waals surface area contributed by atoms with E-state index in [2.05, 4.69) is 36.3 Å². The van der Waals surface area contributed by atoms with E-state index in [1.807, 2.05) is 7.05 Å². The van der Waals surface area contributed by atoms with E-state index >= 15 is 0 Å². The lowest BCUT2D eigenvalue weighted by Crippen LogP contribution is -2.14. The Balaban J connectivity index is 2.55. The van der Waals surface area contributed by atoms with E-state index in [0.717, 1.165) is 23.8 Å². The van der Waals surface area contributed by atoms with Crippen LogP contribution in [0.3, 0.4) is 0 Å². The van der Waals surface area contributed by atoms with Gasteiger partial charge in [-0.3, -0.25) is 0 Å². The lowest BCUT2D eigenvalue weighted by Gasteiger charge is -2.08. The Morgan fingerprint density at radius 2 is 2.07 bits per heavy atom. The summed E-state index contributed by atoms with van der Waals surface area (Å²) in [5.41, 5.74) is 0. The van der Waals surface area contributed by atoms with E-state index in [0.29, 0.717) is 6.04 Å². The van der Waals surface area contributed by atoms with Crippen molar-refractivity contribution in [2.75, 3.05) is 7.05 Å². The molecule has 3 nitrogen and oxygen atoms in total. The van der Waals surface area contributed by atoms with Crippen LogP contribution in [-0.2, 0) is 6.42 Å². The summed E-state index contributed by atoms with van der Waals surface area (Å²) >= 11 is 1.75. The molecule has 1 unspecified atom stereocenters. The molecular formula is C11H21N3S. The molecule has 4 heteroatoms. The Morgan fingerprint density at radius 3 is 2.60 bits per heavy atom. The molecule has 1 heterocycles. The van der Waals surface area contributed by atoms with Crippen molar-refractivity contribution in [2.24, 2.45) is 5.92 Å². The molecule has 1 N–H and O–H groups in total. The minimum absolute atomic E-state index is 0.371. The number of aromatic nitrogens is 2. The van der Waals surface area contributed by atoms with Gasteiger partial charge < -0.3 is 5.32 Å². The summed E-state index contributed by atoms with van der Waals surface area (Å²) < 4.78 is 0. The van der Waals surface area contributed by atoms with Crippen LogP contribution in [0, 0.1) is 5.92 Å². The first-order chi connectivity index (χ1) is 7.17. The van der Waals surface area contributed by atoms with Crippen LogP contribution in [-0.4, -0.2) is 17.2 Å². The third-order valence-electron chi connectivity index (χ3n) is 2.47. The molecule has 0 radical (unpaired) electrons. The van der Waals surface area contributed by atoms with E-state index in [1.165, 1.54) is 11.4 Å². The number of hydrogen-bond acceptors (Lipinski definition) is 4. The molecule has 0 saturated carbocycles. The Kier molecular flexibility index (Phi) is 5.19. The van der Waals surface area contributed by atoms with Crippen LogP contribution in [0.1, 0.15) is 49.7 Å². The molecule has 1 rings (SSSR count). The molecule has 86 valence electrons. The molecule has 15 heavy (non-hydrogen) atoms. The number of nitrogens with zero attached hydrogens (tertiary/aromatic N) is 2. The minimum Gasteiger partial charge on any atom is -0.311 e. The highest BCUT2D eigenvalue weighted by Crippen LogP contribution is 2.21.